The number of ether oxygens (including phenoxy) is 1. The standard InChI is InChI=1S/C29H34N2O4S/c1-20-13-17-36-28(20)4-3-15-31-16-12-21(22(19-31)6-10-29(33)34)5-9-27(32)24-11-14-30-26-8-7-23(35-2)18-25(24)26/h7-8,11,13-14,17-18,21-22,27,32H,5-6,9-10,12,15-16,19H2,1-2H3,(H,33,34)/t21?,22?,27-/m0/s1. The molecule has 1 saturated heterocycles. The van der Waals surface area contributed by atoms with Crippen molar-refractivity contribution in [2.45, 2.75) is 45.1 Å². The van der Waals surface area contributed by atoms with Gasteiger partial charge in [-0.2, -0.15) is 0 Å². The van der Waals surface area contributed by atoms with Crippen molar-refractivity contribution in [3.63, 3.8) is 0 Å². The van der Waals surface area contributed by atoms with Gasteiger partial charge in [0.1, 0.15) is 5.75 Å². The summed E-state index contributed by atoms with van der Waals surface area (Å²) in [6.45, 7) is 4.56. The number of pyridine rings is 1. The molecule has 2 aromatic heterocycles. The lowest BCUT2D eigenvalue weighted by molar-refractivity contribution is -0.137. The van der Waals surface area contributed by atoms with Gasteiger partial charge in [-0.05, 0) is 97.8 Å². The highest BCUT2D eigenvalue weighted by atomic mass is 32.1. The Kier molecular flexibility index (Phi) is 8.98. The minimum Gasteiger partial charge on any atom is -0.497 e. The van der Waals surface area contributed by atoms with Crippen LogP contribution >= 0.6 is 11.3 Å². The molecule has 0 bridgehead atoms. The maximum Gasteiger partial charge on any atom is 0.303 e. The normalized spacial score (nSPS) is 19.0. The predicted octanol–water partition coefficient (Wildman–Crippen LogP) is 5.28. The Labute approximate surface area is 216 Å². The Balaban J connectivity index is 1.40. The average molecular weight is 507 g/mol. The molecule has 0 saturated carbocycles. The van der Waals surface area contributed by atoms with Gasteiger partial charge in [0.2, 0.25) is 0 Å². The van der Waals surface area contributed by atoms with Gasteiger partial charge >= 0.3 is 5.97 Å². The smallest absolute Gasteiger partial charge is 0.303 e. The Morgan fingerprint density at radius 2 is 2.14 bits per heavy atom. The van der Waals surface area contributed by atoms with Crippen molar-refractivity contribution in [1.82, 2.24) is 9.88 Å². The lowest BCUT2D eigenvalue weighted by atomic mass is 9.79. The maximum absolute atomic E-state index is 11.3. The number of aliphatic hydroxyl groups is 1. The topological polar surface area (TPSA) is 82.9 Å². The van der Waals surface area contributed by atoms with Crippen LogP contribution in [0.15, 0.2) is 41.9 Å². The Morgan fingerprint density at radius 1 is 1.28 bits per heavy atom. The third-order valence-electron chi connectivity index (χ3n) is 7.22. The summed E-state index contributed by atoms with van der Waals surface area (Å²) < 4.78 is 5.37. The number of aryl methyl sites for hydroxylation is 1. The molecule has 36 heavy (non-hydrogen) atoms. The summed E-state index contributed by atoms with van der Waals surface area (Å²) in [5, 5.41) is 23.4. The highest BCUT2D eigenvalue weighted by molar-refractivity contribution is 7.10. The van der Waals surface area contributed by atoms with E-state index in [4.69, 9.17) is 4.74 Å². The summed E-state index contributed by atoms with van der Waals surface area (Å²) in [5.74, 6) is 7.24. The van der Waals surface area contributed by atoms with Gasteiger partial charge in [-0.1, -0.05) is 11.8 Å². The maximum atomic E-state index is 11.3. The first-order valence-electron chi connectivity index (χ1n) is 12.5. The van der Waals surface area contributed by atoms with Crippen LogP contribution in [0.5, 0.6) is 5.75 Å². The zero-order valence-corrected chi connectivity index (χ0v) is 21.8. The first-order chi connectivity index (χ1) is 17.4. The molecule has 3 aromatic rings. The summed E-state index contributed by atoms with van der Waals surface area (Å²) in [4.78, 5) is 19.2. The van der Waals surface area contributed by atoms with Crippen molar-refractivity contribution in [1.29, 1.82) is 0 Å². The molecule has 1 aliphatic rings. The Bertz CT molecular complexity index is 1240. The number of aliphatic hydroxyl groups excluding tert-OH is 1. The van der Waals surface area contributed by atoms with Gasteiger partial charge in [0, 0.05) is 24.5 Å². The fraction of sp³-hybridized carbons (Fsp3) is 0.448. The average Bonchev–Trinajstić information content (AvgIpc) is 3.30. The van der Waals surface area contributed by atoms with Crippen LogP contribution in [-0.4, -0.2) is 52.8 Å². The molecular weight excluding hydrogens is 472 g/mol. The van der Waals surface area contributed by atoms with Gasteiger partial charge in [0.25, 0.3) is 0 Å². The molecule has 0 aliphatic carbocycles. The van der Waals surface area contributed by atoms with Gasteiger partial charge in [0.05, 0.1) is 30.2 Å². The van der Waals surface area contributed by atoms with Crippen molar-refractivity contribution < 1.29 is 19.7 Å². The number of thiophene rings is 1. The lowest BCUT2D eigenvalue weighted by Gasteiger charge is -2.38. The number of methoxy groups -OCH3 is 1. The molecule has 0 amide bonds. The highest BCUT2D eigenvalue weighted by Gasteiger charge is 2.30. The second-order valence-electron chi connectivity index (χ2n) is 9.59. The number of carboxylic acid groups (broad SMARTS) is 1. The first-order valence-corrected chi connectivity index (χ1v) is 13.4. The number of piperidine rings is 1. The summed E-state index contributed by atoms with van der Waals surface area (Å²) in [5.41, 5.74) is 2.90. The number of likely N-dealkylation sites (tertiary alicyclic amines) is 1. The number of benzene rings is 1. The SMILES string of the molecule is COc1ccc2nccc([C@@H](O)CCC3CCN(CC#Cc4sccc4C)CC3CCC(=O)O)c2c1. The molecule has 1 aliphatic heterocycles. The molecule has 2 unspecified atom stereocenters. The van der Waals surface area contributed by atoms with Crippen molar-refractivity contribution >= 4 is 28.2 Å². The monoisotopic (exact) mass is 506 g/mol. The number of aromatic nitrogens is 1. The number of hydrogen-bond donors (Lipinski definition) is 2. The minimum absolute atomic E-state index is 0.173. The van der Waals surface area contributed by atoms with Gasteiger partial charge < -0.3 is 14.9 Å². The molecule has 0 radical (unpaired) electrons. The van der Waals surface area contributed by atoms with Crippen LogP contribution < -0.4 is 4.74 Å². The van der Waals surface area contributed by atoms with Crippen LogP contribution in [0.3, 0.4) is 0 Å². The number of aliphatic carboxylic acids is 1. The van der Waals surface area contributed by atoms with Crippen molar-refractivity contribution in [3.8, 4) is 17.6 Å². The van der Waals surface area contributed by atoms with E-state index in [0.717, 1.165) is 53.0 Å². The summed E-state index contributed by atoms with van der Waals surface area (Å²) in [6, 6.07) is 9.67. The van der Waals surface area contributed by atoms with E-state index in [0.29, 0.717) is 25.3 Å². The van der Waals surface area contributed by atoms with Gasteiger partial charge in [-0.25, -0.2) is 0 Å². The van der Waals surface area contributed by atoms with Gasteiger partial charge in [-0.15, -0.1) is 11.3 Å². The molecule has 3 atom stereocenters. The van der Waals surface area contributed by atoms with Crippen molar-refractivity contribution in [3.05, 3.63) is 57.9 Å². The number of hydrogen-bond acceptors (Lipinski definition) is 6. The molecular formula is C29H34N2O4S. The van der Waals surface area contributed by atoms with Crippen LogP contribution in [0.25, 0.3) is 10.9 Å². The molecule has 4 rings (SSSR count). The number of carbonyl (C=O) groups is 1. The van der Waals surface area contributed by atoms with Crippen LogP contribution in [0.1, 0.15) is 54.2 Å². The van der Waals surface area contributed by atoms with Crippen LogP contribution in [0, 0.1) is 30.6 Å². The van der Waals surface area contributed by atoms with E-state index in [1.165, 1.54) is 5.56 Å². The van der Waals surface area contributed by atoms with Gasteiger partial charge in [-0.3, -0.25) is 14.7 Å². The van der Waals surface area contributed by atoms with Crippen molar-refractivity contribution in [2.24, 2.45) is 11.8 Å². The Hall–Kier alpha value is -2.92. The van der Waals surface area contributed by atoms with Crippen LogP contribution in [0.4, 0.5) is 0 Å². The third-order valence-corrected chi connectivity index (χ3v) is 8.16. The fourth-order valence-electron chi connectivity index (χ4n) is 5.14. The lowest BCUT2D eigenvalue weighted by Crippen LogP contribution is -2.41. The zero-order chi connectivity index (χ0) is 25.5. The van der Waals surface area contributed by atoms with Crippen LogP contribution in [0.2, 0.25) is 0 Å². The van der Waals surface area contributed by atoms with E-state index in [1.54, 1.807) is 24.6 Å². The summed E-state index contributed by atoms with van der Waals surface area (Å²) >= 11 is 1.67. The number of fused-ring (bicyclic) bond motifs is 1. The molecule has 1 aromatic carbocycles. The quantitative estimate of drug-likeness (QED) is 0.384. The molecule has 2 N–H and O–H groups in total. The number of rotatable bonds is 9. The fourth-order valence-corrected chi connectivity index (χ4v) is 5.93. The minimum atomic E-state index is -0.754. The number of carboxylic acids is 1. The van der Waals surface area contributed by atoms with E-state index in [-0.39, 0.29) is 12.3 Å². The molecule has 3 heterocycles. The summed E-state index contributed by atoms with van der Waals surface area (Å²) in [7, 11) is 1.63. The van der Waals surface area contributed by atoms with E-state index in [1.807, 2.05) is 24.3 Å². The van der Waals surface area contributed by atoms with E-state index in [2.05, 4.69) is 40.1 Å². The van der Waals surface area contributed by atoms with Crippen molar-refractivity contribution in [2.75, 3.05) is 26.7 Å². The molecule has 1 fully saturated rings. The third kappa shape index (κ3) is 6.64. The second-order valence-corrected chi connectivity index (χ2v) is 10.5. The van der Waals surface area contributed by atoms with E-state index < -0.39 is 12.1 Å². The molecule has 190 valence electrons. The summed E-state index contributed by atoms with van der Waals surface area (Å²) in [6.07, 6.45) is 4.42. The largest absolute Gasteiger partial charge is 0.497 e. The molecule has 0 spiro atoms. The van der Waals surface area contributed by atoms with Crippen LogP contribution in [-0.2, 0) is 4.79 Å². The highest BCUT2D eigenvalue weighted by Crippen LogP contribution is 2.35. The van der Waals surface area contributed by atoms with E-state index >= 15 is 0 Å². The van der Waals surface area contributed by atoms with E-state index in [9.17, 15) is 15.0 Å². The van der Waals surface area contributed by atoms with Gasteiger partial charge in [0.15, 0.2) is 0 Å². The predicted molar refractivity (Wildman–Crippen MR) is 143 cm³/mol. The number of nitrogens with zero attached hydrogens (tertiary/aromatic N) is 2. The molecule has 6 nitrogen and oxygen atoms in total. The zero-order valence-electron chi connectivity index (χ0n) is 20.9. The molecule has 7 heteroatoms. The first kappa shape index (κ1) is 26.2. The Morgan fingerprint density at radius 3 is 2.89 bits per heavy atom. The second kappa shape index (κ2) is 12.4.